The first kappa shape index (κ1) is 18.8. The van der Waals surface area contributed by atoms with Crippen LogP contribution in [-0.4, -0.2) is 31.9 Å². The number of hydrogen-bond acceptors (Lipinski definition) is 3. The zero-order chi connectivity index (χ0) is 19.6. The monoisotopic (exact) mass is 376 g/mol. The molecule has 2 N–H and O–H groups in total. The first-order chi connectivity index (χ1) is 12.9. The summed E-state index contributed by atoms with van der Waals surface area (Å²) in [6, 6.07) is 7.65. The van der Waals surface area contributed by atoms with Gasteiger partial charge in [-0.2, -0.15) is 0 Å². The maximum absolute atomic E-state index is 14.0. The second kappa shape index (κ2) is 7.71. The first-order valence-corrected chi connectivity index (χ1v) is 8.44. The van der Waals surface area contributed by atoms with Crippen LogP contribution in [0.1, 0.15) is 28.8 Å². The van der Waals surface area contributed by atoms with Crippen molar-refractivity contribution in [3.05, 3.63) is 69.6 Å². The number of carbonyl (C=O) groups is 1. The fourth-order valence-electron chi connectivity index (χ4n) is 3.04. The van der Waals surface area contributed by atoms with Crippen LogP contribution < -0.4 is 5.69 Å². The summed E-state index contributed by atoms with van der Waals surface area (Å²) in [4.78, 5) is 24.1. The Labute approximate surface area is 152 Å². The number of aliphatic hydroxyl groups excluding tert-OH is 1. The zero-order valence-corrected chi connectivity index (χ0v) is 14.4. The van der Waals surface area contributed by atoms with Gasteiger partial charge in [0, 0.05) is 18.7 Å². The normalized spacial score (nSPS) is 11.2. The maximum atomic E-state index is 14.0. The average Bonchev–Trinajstić information content (AvgIpc) is 2.89. The van der Waals surface area contributed by atoms with Gasteiger partial charge in [0.1, 0.15) is 11.6 Å². The minimum Gasteiger partial charge on any atom is -0.478 e. The number of aliphatic hydroxyl groups is 1. The highest BCUT2D eigenvalue weighted by molar-refractivity contribution is 5.92. The predicted octanol–water partition coefficient (Wildman–Crippen LogP) is 2.60. The fourth-order valence-corrected chi connectivity index (χ4v) is 3.04. The zero-order valence-electron chi connectivity index (χ0n) is 14.4. The molecule has 142 valence electrons. The predicted molar refractivity (Wildman–Crippen MR) is 94.9 cm³/mol. The van der Waals surface area contributed by atoms with Gasteiger partial charge in [-0.3, -0.25) is 9.13 Å². The van der Waals surface area contributed by atoms with Gasteiger partial charge in [0.15, 0.2) is 0 Å². The number of fused-ring (bicyclic) bond motifs is 1. The van der Waals surface area contributed by atoms with E-state index in [1.165, 1.54) is 33.4 Å². The van der Waals surface area contributed by atoms with Gasteiger partial charge in [-0.15, -0.1) is 0 Å². The summed E-state index contributed by atoms with van der Waals surface area (Å²) >= 11 is 0. The maximum Gasteiger partial charge on any atom is 0.335 e. The molecule has 0 aliphatic rings. The van der Waals surface area contributed by atoms with Crippen molar-refractivity contribution in [2.45, 2.75) is 25.9 Å². The van der Waals surface area contributed by atoms with Crippen LogP contribution >= 0.6 is 0 Å². The van der Waals surface area contributed by atoms with Gasteiger partial charge in [-0.25, -0.2) is 18.4 Å². The number of imidazole rings is 1. The van der Waals surface area contributed by atoms with Crippen LogP contribution in [0.25, 0.3) is 11.0 Å². The highest BCUT2D eigenvalue weighted by Crippen LogP contribution is 2.20. The number of hydrogen-bond donors (Lipinski definition) is 2. The number of carboxylic acids is 1. The molecule has 0 amide bonds. The fraction of sp³-hybridized carbons (Fsp3) is 0.263. The first-order valence-electron chi connectivity index (χ1n) is 8.44. The summed E-state index contributed by atoms with van der Waals surface area (Å²) < 4.78 is 30.6. The second-order valence-electron chi connectivity index (χ2n) is 6.16. The Morgan fingerprint density at radius 2 is 1.70 bits per heavy atom. The summed E-state index contributed by atoms with van der Waals surface area (Å²) in [5, 5.41) is 18.2. The van der Waals surface area contributed by atoms with Crippen molar-refractivity contribution in [2.24, 2.45) is 0 Å². The van der Waals surface area contributed by atoms with E-state index >= 15 is 0 Å². The Morgan fingerprint density at radius 1 is 1.00 bits per heavy atom. The molecule has 0 bridgehead atoms. The number of aromatic carboxylic acids is 1. The molecule has 0 aliphatic heterocycles. The Bertz CT molecular complexity index is 1040. The van der Waals surface area contributed by atoms with E-state index in [1.54, 1.807) is 0 Å². The van der Waals surface area contributed by atoms with Crippen molar-refractivity contribution in [1.82, 2.24) is 9.13 Å². The Morgan fingerprint density at radius 3 is 2.33 bits per heavy atom. The molecule has 0 saturated heterocycles. The van der Waals surface area contributed by atoms with Crippen molar-refractivity contribution in [2.75, 3.05) is 6.61 Å². The van der Waals surface area contributed by atoms with Gasteiger partial charge in [0.05, 0.1) is 23.1 Å². The quantitative estimate of drug-likeness (QED) is 0.621. The topological polar surface area (TPSA) is 84.5 Å². The van der Waals surface area contributed by atoms with Crippen LogP contribution in [0.2, 0.25) is 0 Å². The van der Waals surface area contributed by atoms with E-state index in [1.807, 2.05) is 0 Å². The van der Waals surface area contributed by atoms with Crippen molar-refractivity contribution in [3.63, 3.8) is 0 Å². The molecule has 0 aliphatic carbocycles. The molecule has 8 heteroatoms. The summed E-state index contributed by atoms with van der Waals surface area (Å²) in [5.41, 5.74) is 0.0309. The SMILES string of the molecule is O=C(O)c1ccc2c(c1)n(CCCCO)c(=O)n2Cc1c(F)cccc1F. The molecule has 0 saturated carbocycles. The number of unbranched alkanes of at least 4 members (excludes halogenated alkanes) is 1. The third-order valence-electron chi connectivity index (χ3n) is 4.43. The van der Waals surface area contributed by atoms with Crippen LogP contribution in [0.5, 0.6) is 0 Å². The van der Waals surface area contributed by atoms with Crippen molar-refractivity contribution < 1.29 is 23.8 Å². The molecule has 0 radical (unpaired) electrons. The molecule has 1 heterocycles. The molecule has 0 spiro atoms. The molecule has 6 nitrogen and oxygen atoms in total. The van der Waals surface area contributed by atoms with Gasteiger partial charge >= 0.3 is 11.7 Å². The summed E-state index contributed by atoms with van der Waals surface area (Å²) in [7, 11) is 0. The van der Waals surface area contributed by atoms with E-state index < -0.39 is 23.3 Å². The van der Waals surface area contributed by atoms with E-state index in [-0.39, 0.29) is 30.8 Å². The molecule has 3 aromatic rings. The molecule has 1 aromatic heterocycles. The average molecular weight is 376 g/mol. The Balaban J connectivity index is 2.16. The standard InChI is InChI=1S/C19H18F2N2O4/c20-14-4-3-5-15(21)13(14)11-23-16-7-6-12(18(25)26)10-17(16)22(19(23)27)8-1-2-9-24/h3-7,10,24H,1-2,8-9,11H2,(H,25,26). The molecule has 2 aromatic carbocycles. The number of nitrogens with zero attached hydrogens (tertiary/aromatic N) is 2. The summed E-state index contributed by atoms with van der Waals surface area (Å²) in [5.74, 6) is -2.66. The number of aryl methyl sites for hydroxylation is 1. The summed E-state index contributed by atoms with van der Waals surface area (Å²) in [6.45, 7) is -0.0901. The smallest absolute Gasteiger partial charge is 0.335 e. The number of rotatable bonds is 7. The minimum absolute atomic E-state index is 0.00707. The lowest BCUT2D eigenvalue weighted by molar-refractivity contribution is 0.0697. The van der Waals surface area contributed by atoms with Gasteiger partial charge < -0.3 is 10.2 Å². The van der Waals surface area contributed by atoms with Crippen LogP contribution in [0.15, 0.2) is 41.2 Å². The highest BCUT2D eigenvalue weighted by atomic mass is 19.1. The van der Waals surface area contributed by atoms with Gasteiger partial charge in [0.2, 0.25) is 0 Å². The lowest BCUT2D eigenvalue weighted by Crippen LogP contribution is -2.25. The molecular formula is C19H18F2N2O4. The molecule has 27 heavy (non-hydrogen) atoms. The van der Waals surface area contributed by atoms with Crippen molar-refractivity contribution >= 4 is 17.0 Å². The Kier molecular flexibility index (Phi) is 5.36. The number of halogens is 2. The van der Waals surface area contributed by atoms with E-state index in [9.17, 15) is 23.5 Å². The molecule has 0 fully saturated rings. The molecule has 0 unspecified atom stereocenters. The highest BCUT2D eigenvalue weighted by Gasteiger charge is 2.18. The third-order valence-corrected chi connectivity index (χ3v) is 4.43. The second-order valence-corrected chi connectivity index (χ2v) is 6.16. The van der Waals surface area contributed by atoms with Crippen LogP contribution in [0, 0.1) is 11.6 Å². The summed E-state index contributed by atoms with van der Waals surface area (Å²) in [6.07, 6.45) is 0.973. The lowest BCUT2D eigenvalue weighted by atomic mass is 10.1. The van der Waals surface area contributed by atoms with Crippen molar-refractivity contribution in [1.29, 1.82) is 0 Å². The number of benzene rings is 2. The molecule has 3 rings (SSSR count). The van der Waals surface area contributed by atoms with Gasteiger partial charge in [-0.1, -0.05) is 6.07 Å². The van der Waals surface area contributed by atoms with Crippen molar-refractivity contribution in [3.8, 4) is 0 Å². The van der Waals surface area contributed by atoms with E-state index in [2.05, 4.69) is 0 Å². The molecular weight excluding hydrogens is 358 g/mol. The largest absolute Gasteiger partial charge is 0.478 e. The number of carboxylic acid groups (broad SMARTS) is 1. The van der Waals surface area contributed by atoms with Gasteiger partial charge in [-0.05, 0) is 43.2 Å². The Hall–Kier alpha value is -3.00. The van der Waals surface area contributed by atoms with E-state index in [0.29, 0.717) is 23.9 Å². The van der Waals surface area contributed by atoms with Gasteiger partial charge in [0.25, 0.3) is 0 Å². The number of aromatic nitrogens is 2. The van der Waals surface area contributed by atoms with E-state index in [0.717, 1.165) is 12.1 Å². The van der Waals surface area contributed by atoms with Crippen LogP contribution in [0.4, 0.5) is 8.78 Å². The minimum atomic E-state index is -1.14. The lowest BCUT2D eigenvalue weighted by Gasteiger charge is -2.06. The van der Waals surface area contributed by atoms with E-state index in [4.69, 9.17) is 5.11 Å². The van der Waals surface area contributed by atoms with Crippen LogP contribution in [0.3, 0.4) is 0 Å². The molecule has 0 atom stereocenters. The third kappa shape index (κ3) is 3.61. The van der Waals surface area contributed by atoms with Crippen LogP contribution in [-0.2, 0) is 13.1 Å².